The number of rotatable bonds is 4. The zero-order valence-corrected chi connectivity index (χ0v) is 14.0. The van der Waals surface area contributed by atoms with Crippen LogP contribution in [0.15, 0.2) is 42.9 Å². The van der Waals surface area contributed by atoms with Gasteiger partial charge in [0, 0.05) is 30.7 Å². The highest BCUT2D eigenvalue weighted by molar-refractivity contribution is 5.89. The first-order valence-corrected chi connectivity index (χ1v) is 8.53. The molecule has 0 amide bonds. The summed E-state index contributed by atoms with van der Waals surface area (Å²) in [7, 11) is 0. The average Bonchev–Trinajstić information content (AvgIpc) is 2.68. The van der Waals surface area contributed by atoms with E-state index in [1.54, 1.807) is 18.3 Å². The number of piperidine rings is 1. The molecule has 0 spiro atoms. The van der Waals surface area contributed by atoms with E-state index in [0.29, 0.717) is 11.3 Å². The fraction of sp³-hybridized carbons (Fsp3) is 0.333. The Hall–Kier alpha value is -2.90. The molecule has 8 heteroatoms. The highest BCUT2D eigenvalue weighted by Gasteiger charge is 2.24. The Morgan fingerprint density at radius 2 is 1.88 bits per heavy atom. The number of hydrogen-bond acceptors (Lipinski definition) is 6. The molecule has 0 unspecified atom stereocenters. The molecular weight excluding hydrogens is 338 g/mol. The van der Waals surface area contributed by atoms with E-state index in [-0.39, 0.29) is 6.04 Å². The fourth-order valence-corrected chi connectivity index (χ4v) is 3.24. The van der Waals surface area contributed by atoms with Crippen molar-refractivity contribution in [2.45, 2.75) is 25.3 Å². The lowest BCUT2D eigenvalue weighted by Crippen LogP contribution is -2.40. The van der Waals surface area contributed by atoms with Gasteiger partial charge in [-0.15, -0.1) is 0 Å². The quantitative estimate of drug-likeness (QED) is 0.772. The minimum absolute atomic E-state index is 0.281. The Morgan fingerprint density at radius 3 is 2.62 bits per heavy atom. The second kappa shape index (κ2) is 7.15. The van der Waals surface area contributed by atoms with Crippen molar-refractivity contribution in [3.05, 3.63) is 48.7 Å². The number of nitrogens with zero attached hydrogens (tertiary/aromatic N) is 5. The lowest BCUT2D eigenvalue weighted by atomic mass is 10.0. The van der Waals surface area contributed by atoms with E-state index in [0.717, 1.165) is 37.1 Å². The maximum absolute atomic E-state index is 13.2. The third kappa shape index (κ3) is 3.40. The molecule has 1 aliphatic rings. The zero-order valence-electron chi connectivity index (χ0n) is 14.0. The van der Waals surface area contributed by atoms with Crippen LogP contribution in [-0.4, -0.2) is 39.1 Å². The van der Waals surface area contributed by atoms with Crippen molar-refractivity contribution in [1.82, 2.24) is 19.9 Å². The Bertz CT molecular complexity index is 881. The number of fused-ring (bicyclic) bond motifs is 1. The maximum Gasteiger partial charge on any atom is 0.297 e. The van der Waals surface area contributed by atoms with Gasteiger partial charge < -0.3 is 10.2 Å². The molecule has 0 saturated carbocycles. The Kier molecular flexibility index (Phi) is 4.55. The number of para-hydroxylation sites is 1. The molecule has 0 aliphatic carbocycles. The lowest BCUT2D eigenvalue weighted by Gasteiger charge is -2.34. The Labute approximate surface area is 149 Å². The van der Waals surface area contributed by atoms with Gasteiger partial charge in [-0.3, -0.25) is 0 Å². The summed E-state index contributed by atoms with van der Waals surface area (Å²) in [5.74, 6) is 0.970. The molecule has 3 aromatic rings. The van der Waals surface area contributed by atoms with Crippen molar-refractivity contribution in [3.8, 4) is 0 Å². The summed E-state index contributed by atoms with van der Waals surface area (Å²) in [5, 5.41) is 4.19. The second-order valence-corrected chi connectivity index (χ2v) is 6.22. The topological polar surface area (TPSA) is 66.8 Å². The largest absolute Gasteiger partial charge is 0.367 e. The zero-order chi connectivity index (χ0) is 17.9. The van der Waals surface area contributed by atoms with Crippen molar-refractivity contribution in [2.24, 2.45) is 0 Å². The van der Waals surface area contributed by atoms with Gasteiger partial charge in [0.05, 0.1) is 5.52 Å². The van der Waals surface area contributed by atoms with Crippen LogP contribution in [0, 0.1) is 0 Å². The van der Waals surface area contributed by atoms with E-state index in [1.165, 1.54) is 6.33 Å². The number of benzene rings is 1. The van der Waals surface area contributed by atoms with Crippen molar-refractivity contribution in [2.75, 3.05) is 23.3 Å². The van der Waals surface area contributed by atoms with Crippen LogP contribution in [-0.2, 0) is 0 Å². The van der Waals surface area contributed by atoms with E-state index < -0.39 is 12.2 Å². The molecule has 0 radical (unpaired) electrons. The van der Waals surface area contributed by atoms with E-state index in [9.17, 15) is 8.78 Å². The average molecular weight is 356 g/mol. The van der Waals surface area contributed by atoms with E-state index >= 15 is 0 Å². The van der Waals surface area contributed by atoms with Crippen LogP contribution in [0.25, 0.3) is 10.9 Å². The molecular formula is C18H18F2N6. The molecule has 1 aliphatic heterocycles. The Balaban J connectivity index is 1.54. The number of nitrogens with one attached hydrogen (secondary N) is 1. The van der Waals surface area contributed by atoms with E-state index in [2.05, 4.69) is 30.2 Å². The van der Waals surface area contributed by atoms with Gasteiger partial charge in [0.25, 0.3) is 6.43 Å². The number of aromatic nitrogens is 4. The van der Waals surface area contributed by atoms with Gasteiger partial charge in [0.1, 0.15) is 18.0 Å². The van der Waals surface area contributed by atoms with Gasteiger partial charge in [-0.25, -0.2) is 28.7 Å². The summed E-state index contributed by atoms with van der Waals surface area (Å²) in [6.07, 6.45) is 2.26. The predicted molar refractivity (Wildman–Crippen MR) is 95.4 cm³/mol. The van der Waals surface area contributed by atoms with Gasteiger partial charge >= 0.3 is 0 Å². The van der Waals surface area contributed by atoms with Gasteiger partial charge in [-0.2, -0.15) is 0 Å². The fourth-order valence-electron chi connectivity index (χ4n) is 3.24. The first-order chi connectivity index (χ1) is 12.7. The first kappa shape index (κ1) is 16.6. The number of halogens is 2. The van der Waals surface area contributed by atoms with E-state index in [1.807, 2.05) is 18.2 Å². The van der Waals surface area contributed by atoms with Crippen LogP contribution in [0.4, 0.5) is 20.4 Å². The molecule has 1 saturated heterocycles. The number of anilines is 2. The van der Waals surface area contributed by atoms with Crippen molar-refractivity contribution < 1.29 is 8.78 Å². The smallest absolute Gasteiger partial charge is 0.297 e. The molecule has 3 heterocycles. The molecule has 6 nitrogen and oxygen atoms in total. The predicted octanol–water partition coefficient (Wildman–Crippen LogP) is 3.44. The minimum Gasteiger partial charge on any atom is -0.367 e. The van der Waals surface area contributed by atoms with Crippen molar-refractivity contribution in [3.63, 3.8) is 0 Å². The van der Waals surface area contributed by atoms with Crippen LogP contribution in [0.1, 0.15) is 25.1 Å². The summed E-state index contributed by atoms with van der Waals surface area (Å²) in [4.78, 5) is 18.3. The normalized spacial score (nSPS) is 15.6. The van der Waals surface area contributed by atoms with Crippen LogP contribution in [0.2, 0.25) is 0 Å². The summed E-state index contributed by atoms with van der Waals surface area (Å²) in [5.41, 5.74) is 0.550. The summed E-state index contributed by atoms with van der Waals surface area (Å²) < 4.78 is 26.4. The number of hydrogen-bond donors (Lipinski definition) is 1. The molecule has 2 aromatic heterocycles. The lowest BCUT2D eigenvalue weighted by molar-refractivity contribution is 0.141. The Morgan fingerprint density at radius 1 is 1.08 bits per heavy atom. The molecule has 1 N–H and O–H groups in total. The molecule has 134 valence electrons. The second-order valence-electron chi connectivity index (χ2n) is 6.22. The van der Waals surface area contributed by atoms with Crippen LogP contribution in [0.3, 0.4) is 0 Å². The molecule has 26 heavy (non-hydrogen) atoms. The molecule has 4 rings (SSSR count). The standard InChI is InChI=1S/C18H18F2N6/c19-16(20)17-24-14-4-2-1-3-13(14)18(25-17)26-9-6-12(7-10-26)23-15-5-8-21-11-22-15/h1-5,8,11-12,16H,6-7,9-10H2,(H,21,22,23). The monoisotopic (exact) mass is 356 g/mol. The first-order valence-electron chi connectivity index (χ1n) is 8.53. The van der Waals surface area contributed by atoms with Crippen molar-refractivity contribution >= 4 is 22.5 Å². The minimum atomic E-state index is -2.68. The van der Waals surface area contributed by atoms with Crippen LogP contribution >= 0.6 is 0 Å². The summed E-state index contributed by atoms with van der Waals surface area (Å²) in [6.45, 7) is 1.46. The van der Waals surface area contributed by atoms with Gasteiger partial charge in [0.15, 0.2) is 5.82 Å². The number of alkyl halides is 2. The molecule has 0 bridgehead atoms. The summed E-state index contributed by atoms with van der Waals surface area (Å²) in [6, 6.07) is 9.41. The molecule has 0 atom stereocenters. The maximum atomic E-state index is 13.2. The van der Waals surface area contributed by atoms with Gasteiger partial charge in [-0.1, -0.05) is 12.1 Å². The SMILES string of the molecule is FC(F)c1nc(N2CCC(Nc3ccncn3)CC2)c2ccccc2n1. The third-order valence-electron chi connectivity index (χ3n) is 4.52. The molecule has 1 fully saturated rings. The highest BCUT2D eigenvalue weighted by Crippen LogP contribution is 2.29. The van der Waals surface area contributed by atoms with E-state index in [4.69, 9.17) is 0 Å². The summed E-state index contributed by atoms with van der Waals surface area (Å²) >= 11 is 0. The van der Waals surface area contributed by atoms with Crippen LogP contribution in [0.5, 0.6) is 0 Å². The van der Waals surface area contributed by atoms with Gasteiger partial charge in [0.2, 0.25) is 0 Å². The van der Waals surface area contributed by atoms with Gasteiger partial charge in [-0.05, 0) is 31.0 Å². The molecule has 1 aromatic carbocycles. The third-order valence-corrected chi connectivity index (χ3v) is 4.52. The highest BCUT2D eigenvalue weighted by atomic mass is 19.3. The van der Waals surface area contributed by atoms with Crippen LogP contribution < -0.4 is 10.2 Å². The van der Waals surface area contributed by atoms with Crippen molar-refractivity contribution in [1.29, 1.82) is 0 Å².